The van der Waals surface area contributed by atoms with E-state index < -0.39 is 0 Å². The molecule has 5 heteroatoms. The minimum Gasteiger partial charge on any atom is -0.496 e. The third kappa shape index (κ3) is 2.85. The summed E-state index contributed by atoms with van der Waals surface area (Å²) in [5.74, 6) is 0.824. The number of rotatable bonds is 5. The summed E-state index contributed by atoms with van der Waals surface area (Å²) >= 11 is 1.61. The van der Waals surface area contributed by atoms with E-state index in [1.807, 2.05) is 36.4 Å². The molecule has 0 unspecified atom stereocenters. The van der Waals surface area contributed by atoms with Crippen molar-refractivity contribution in [1.29, 1.82) is 5.26 Å². The minimum absolute atomic E-state index is 0.488. The average molecular weight is 359 g/mol. The summed E-state index contributed by atoms with van der Waals surface area (Å²) in [5.41, 5.74) is 4.17. The molecule has 4 nitrogen and oxygen atoms in total. The first-order chi connectivity index (χ1) is 12.8. The maximum absolute atomic E-state index is 8.92. The quantitative estimate of drug-likeness (QED) is 0.482. The Hall–Kier alpha value is -3.10. The van der Waals surface area contributed by atoms with E-state index in [9.17, 15) is 0 Å². The third-order valence-electron chi connectivity index (χ3n) is 4.37. The first kappa shape index (κ1) is 16.4. The van der Waals surface area contributed by atoms with Crippen LogP contribution in [0.4, 0.5) is 0 Å². The maximum Gasteiger partial charge on any atom is 0.129 e. The number of ether oxygens (including phenoxy) is 1. The number of methoxy groups -OCH3 is 1. The Balaban J connectivity index is 1.80. The molecule has 4 aromatic rings. The standard InChI is InChI=1S/C21H17N3OS/c1-25-20-10-5-3-8-16(20)21-23-18(14-26-21)17-13-24(12-6-11-22)19-9-4-2-7-15(17)19/h2-5,7-10,13-14H,6,12H2,1H3. The van der Waals surface area contributed by atoms with Crippen LogP contribution in [-0.2, 0) is 6.54 Å². The van der Waals surface area contributed by atoms with Gasteiger partial charge in [-0.15, -0.1) is 11.3 Å². The molecule has 0 aliphatic carbocycles. The van der Waals surface area contributed by atoms with Crippen LogP contribution >= 0.6 is 11.3 Å². The number of fused-ring (bicyclic) bond motifs is 1. The summed E-state index contributed by atoms with van der Waals surface area (Å²) in [6.45, 7) is 0.681. The monoisotopic (exact) mass is 359 g/mol. The molecule has 0 bridgehead atoms. The van der Waals surface area contributed by atoms with Gasteiger partial charge in [0, 0.05) is 34.6 Å². The normalized spacial score (nSPS) is 10.8. The van der Waals surface area contributed by atoms with E-state index in [0.29, 0.717) is 13.0 Å². The second-order valence-corrected chi connectivity index (χ2v) is 6.76. The SMILES string of the molecule is COc1ccccc1-c1nc(-c2cn(CCC#N)c3ccccc23)cs1. The van der Waals surface area contributed by atoms with E-state index >= 15 is 0 Å². The van der Waals surface area contributed by atoms with Crippen LogP contribution < -0.4 is 4.74 Å². The van der Waals surface area contributed by atoms with Gasteiger partial charge < -0.3 is 9.30 Å². The van der Waals surface area contributed by atoms with Gasteiger partial charge in [-0.05, 0) is 18.2 Å². The molecule has 0 aliphatic heterocycles. The number of hydrogen-bond acceptors (Lipinski definition) is 4. The Morgan fingerprint density at radius 3 is 2.77 bits per heavy atom. The highest BCUT2D eigenvalue weighted by molar-refractivity contribution is 7.13. The van der Waals surface area contributed by atoms with Gasteiger partial charge in [-0.25, -0.2) is 4.98 Å². The van der Waals surface area contributed by atoms with E-state index in [2.05, 4.69) is 34.3 Å². The summed E-state index contributed by atoms with van der Waals surface area (Å²) in [4.78, 5) is 4.86. The van der Waals surface area contributed by atoms with Gasteiger partial charge in [0.25, 0.3) is 0 Å². The molecule has 2 aromatic heterocycles. The molecule has 0 spiro atoms. The number of benzene rings is 2. The van der Waals surface area contributed by atoms with Crippen molar-refractivity contribution >= 4 is 22.2 Å². The average Bonchev–Trinajstić information content (AvgIpc) is 3.31. The van der Waals surface area contributed by atoms with E-state index in [0.717, 1.165) is 38.5 Å². The third-order valence-corrected chi connectivity index (χ3v) is 5.25. The van der Waals surface area contributed by atoms with Crippen molar-refractivity contribution in [3.63, 3.8) is 0 Å². The first-order valence-corrected chi connectivity index (χ1v) is 9.24. The van der Waals surface area contributed by atoms with Crippen molar-refractivity contribution < 1.29 is 4.74 Å². The van der Waals surface area contributed by atoms with Crippen LogP contribution in [0.15, 0.2) is 60.1 Å². The predicted octanol–water partition coefficient (Wildman–Crippen LogP) is 5.35. The number of thiazole rings is 1. The van der Waals surface area contributed by atoms with Gasteiger partial charge in [0.2, 0.25) is 0 Å². The van der Waals surface area contributed by atoms with Gasteiger partial charge in [-0.1, -0.05) is 30.3 Å². The summed E-state index contributed by atoms with van der Waals surface area (Å²) < 4.78 is 7.60. The molecule has 0 saturated carbocycles. The fraction of sp³-hybridized carbons (Fsp3) is 0.143. The van der Waals surface area contributed by atoms with E-state index in [-0.39, 0.29) is 0 Å². The van der Waals surface area contributed by atoms with Crippen LogP contribution in [0.3, 0.4) is 0 Å². The van der Waals surface area contributed by atoms with Crippen molar-refractivity contribution in [3.8, 4) is 33.6 Å². The highest BCUT2D eigenvalue weighted by Crippen LogP contribution is 2.37. The minimum atomic E-state index is 0.488. The molecular weight excluding hydrogens is 342 g/mol. The lowest BCUT2D eigenvalue weighted by Gasteiger charge is -2.04. The number of nitrogens with zero attached hydrogens (tertiary/aromatic N) is 3. The van der Waals surface area contributed by atoms with Crippen molar-refractivity contribution in [3.05, 3.63) is 60.1 Å². The number of aryl methyl sites for hydroxylation is 1. The number of aromatic nitrogens is 2. The van der Waals surface area contributed by atoms with Gasteiger partial charge in [-0.2, -0.15) is 5.26 Å². The van der Waals surface area contributed by atoms with Crippen LogP contribution in [0.25, 0.3) is 32.7 Å². The van der Waals surface area contributed by atoms with Crippen molar-refractivity contribution in [2.24, 2.45) is 0 Å². The molecular formula is C21H17N3OS. The zero-order valence-corrected chi connectivity index (χ0v) is 15.2. The Bertz CT molecular complexity index is 1100. The molecule has 0 fully saturated rings. The number of para-hydroxylation sites is 2. The van der Waals surface area contributed by atoms with Crippen LogP contribution in [0.5, 0.6) is 5.75 Å². The molecule has 0 amide bonds. The van der Waals surface area contributed by atoms with Gasteiger partial charge in [0.05, 0.1) is 30.9 Å². The lowest BCUT2D eigenvalue weighted by molar-refractivity contribution is 0.416. The van der Waals surface area contributed by atoms with E-state index in [1.165, 1.54) is 0 Å². The summed E-state index contributed by atoms with van der Waals surface area (Å²) in [5, 5.41) is 13.1. The molecule has 2 heterocycles. The zero-order valence-electron chi connectivity index (χ0n) is 14.3. The maximum atomic E-state index is 8.92. The zero-order chi connectivity index (χ0) is 17.9. The largest absolute Gasteiger partial charge is 0.496 e. The van der Waals surface area contributed by atoms with Crippen LogP contribution in [0.2, 0.25) is 0 Å². The second kappa shape index (κ2) is 7.03. The van der Waals surface area contributed by atoms with E-state index in [4.69, 9.17) is 15.0 Å². The second-order valence-electron chi connectivity index (χ2n) is 5.90. The number of nitriles is 1. The van der Waals surface area contributed by atoms with E-state index in [1.54, 1.807) is 18.4 Å². The highest BCUT2D eigenvalue weighted by atomic mass is 32.1. The smallest absolute Gasteiger partial charge is 0.129 e. The summed E-state index contributed by atoms with van der Waals surface area (Å²) in [7, 11) is 1.68. The van der Waals surface area contributed by atoms with Crippen molar-refractivity contribution in [1.82, 2.24) is 9.55 Å². The molecule has 0 radical (unpaired) electrons. The molecule has 26 heavy (non-hydrogen) atoms. The van der Waals surface area contributed by atoms with Gasteiger partial charge in [0.15, 0.2) is 0 Å². The topological polar surface area (TPSA) is 50.8 Å². The Morgan fingerprint density at radius 1 is 1.12 bits per heavy atom. The Labute approximate surface area is 155 Å². The molecule has 0 saturated heterocycles. The molecule has 128 valence electrons. The molecule has 2 aromatic carbocycles. The summed E-state index contributed by atoms with van der Waals surface area (Å²) in [6.07, 6.45) is 2.59. The fourth-order valence-corrected chi connectivity index (χ4v) is 4.00. The lowest BCUT2D eigenvalue weighted by Crippen LogP contribution is -1.94. The van der Waals surface area contributed by atoms with Crippen molar-refractivity contribution in [2.75, 3.05) is 7.11 Å². The predicted molar refractivity (Wildman–Crippen MR) is 105 cm³/mol. The first-order valence-electron chi connectivity index (χ1n) is 8.36. The molecule has 0 aliphatic rings. The molecule has 0 N–H and O–H groups in total. The lowest BCUT2D eigenvalue weighted by atomic mass is 10.1. The Morgan fingerprint density at radius 2 is 1.92 bits per heavy atom. The van der Waals surface area contributed by atoms with Gasteiger partial charge in [-0.3, -0.25) is 0 Å². The van der Waals surface area contributed by atoms with Crippen LogP contribution in [0.1, 0.15) is 6.42 Å². The van der Waals surface area contributed by atoms with Crippen LogP contribution in [-0.4, -0.2) is 16.7 Å². The molecule has 0 atom stereocenters. The summed E-state index contributed by atoms with van der Waals surface area (Å²) in [6, 6.07) is 18.4. The van der Waals surface area contributed by atoms with Gasteiger partial charge >= 0.3 is 0 Å². The van der Waals surface area contributed by atoms with Crippen LogP contribution in [0, 0.1) is 11.3 Å². The van der Waals surface area contributed by atoms with Gasteiger partial charge in [0.1, 0.15) is 10.8 Å². The molecule has 4 rings (SSSR count). The highest BCUT2D eigenvalue weighted by Gasteiger charge is 2.15. The fourth-order valence-electron chi connectivity index (χ4n) is 3.15. The van der Waals surface area contributed by atoms with Crippen molar-refractivity contribution in [2.45, 2.75) is 13.0 Å². The number of hydrogen-bond donors (Lipinski definition) is 0. The Kier molecular flexibility index (Phi) is 4.42.